The molecule has 2 aromatic rings. The van der Waals surface area contributed by atoms with Gasteiger partial charge >= 0.3 is 0 Å². The SMILES string of the molecule is CCN(c1ccc(NC(=O)CN(C)S(=O)(=O)c2ccc3c(c2)OCCO3)cc1)C(C)C. The summed E-state index contributed by atoms with van der Waals surface area (Å²) in [6.45, 7) is 7.69. The molecule has 8 nitrogen and oxygen atoms in total. The van der Waals surface area contributed by atoms with Gasteiger partial charge in [-0.05, 0) is 57.2 Å². The number of anilines is 2. The summed E-state index contributed by atoms with van der Waals surface area (Å²) in [6, 6.07) is 12.3. The predicted octanol–water partition coefficient (Wildman–Crippen LogP) is 2.95. The van der Waals surface area contributed by atoms with Gasteiger partial charge in [0.05, 0.1) is 11.4 Å². The number of carbonyl (C=O) groups is 1. The average Bonchev–Trinajstić information content (AvgIpc) is 2.74. The highest BCUT2D eigenvalue weighted by Crippen LogP contribution is 2.33. The molecular weight excluding hydrogens is 418 g/mol. The van der Waals surface area contributed by atoms with E-state index in [-0.39, 0.29) is 11.4 Å². The van der Waals surface area contributed by atoms with Crippen LogP contribution in [0.4, 0.5) is 11.4 Å². The monoisotopic (exact) mass is 447 g/mol. The van der Waals surface area contributed by atoms with Crippen LogP contribution < -0.4 is 19.7 Å². The largest absolute Gasteiger partial charge is 0.486 e. The van der Waals surface area contributed by atoms with Crippen molar-refractivity contribution in [2.45, 2.75) is 31.7 Å². The molecule has 1 N–H and O–H groups in total. The quantitative estimate of drug-likeness (QED) is 0.669. The minimum Gasteiger partial charge on any atom is -0.486 e. The highest BCUT2D eigenvalue weighted by Gasteiger charge is 2.25. The lowest BCUT2D eigenvalue weighted by molar-refractivity contribution is -0.116. The molecule has 0 saturated carbocycles. The standard InChI is InChI=1S/C22H29N3O5S/c1-5-25(16(2)3)18-8-6-17(7-9-18)23-22(26)15-24(4)31(27,28)19-10-11-20-21(14-19)30-13-12-29-20/h6-11,14,16H,5,12-13,15H2,1-4H3,(H,23,26). The zero-order valence-corrected chi connectivity index (χ0v) is 19.1. The van der Waals surface area contributed by atoms with Crippen LogP contribution >= 0.6 is 0 Å². The second-order valence-corrected chi connectivity index (χ2v) is 9.59. The molecular formula is C22H29N3O5S. The van der Waals surface area contributed by atoms with Gasteiger partial charge in [-0.15, -0.1) is 0 Å². The fourth-order valence-corrected chi connectivity index (χ4v) is 4.58. The van der Waals surface area contributed by atoms with Crippen LogP contribution in [0.25, 0.3) is 0 Å². The number of amides is 1. The third-order valence-corrected chi connectivity index (χ3v) is 6.83. The molecule has 0 radical (unpaired) electrons. The number of nitrogens with zero attached hydrogens (tertiary/aromatic N) is 2. The molecule has 1 aliphatic heterocycles. The molecule has 0 aromatic heterocycles. The summed E-state index contributed by atoms with van der Waals surface area (Å²) in [5.41, 5.74) is 1.67. The molecule has 2 aromatic carbocycles. The molecule has 3 rings (SSSR count). The van der Waals surface area contributed by atoms with Crippen molar-refractivity contribution < 1.29 is 22.7 Å². The van der Waals surface area contributed by atoms with Crippen molar-refractivity contribution >= 4 is 27.3 Å². The van der Waals surface area contributed by atoms with Gasteiger partial charge in [0.2, 0.25) is 15.9 Å². The molecule has 0 spiro atoms. The maximum Gasteiger partial charge on any atom is 0.243 e. The van der Waals surface area contributed by atoms with E-state index in [1.165, 1.54) is 19.2 Å². The van der Waals surface area contributed by atoms with E-state index in [1.807, 2.05) is 24.3 Å². The minimum absolute atomic E-state index is 0.0461. The van der Waals surface area contributed by atoms with Gasteiger partial charge in [0.15, 0.2) is 11.5 Å². The predicted molar refractivity (Wildman–Crippen MR) is 120 cm³/mol. The Morgan fingerprint density at radius 1 is 1.06 bits per heavy atom. The van der Waals surface area contributed by atoms with Crippen molar-refractivity contribution in [2.24, 2.45) is 0 Å². The lowest BCUT2D eigenvalue weighted by atomic mass is 10.2. The number of fused-ring (bicyclic) bond motifs is 1. The third-order valence-electron chi connectivity index (χ3n) is 5.03. The molecule has 31 heavy (non-hydrogen) atoms. The van der Waals surface area contributed by atoms with Gasteiger partial charge in [-0.25, -0.2) is 8.42 Å². The summed E-state index contributed by atoms with van der Waals surface area (Å²) in [7, 11) is -2.49. The number of likely N-dealkylation sites (N-methyl/N-ethyl adjacent to an activating group) is 1. The first-order valence-electron chi connectivity index (χ1n) is 10.2. The topological polar surface area (TPSA) is 88.2 Å². The maximum absolute atomic E-state index is 12.9. The van der Waals surface area contributed by atoms with Crippen molar-refractivity contribution in [3.05, 3.63) is 42.5 Å². The zero-order chi connectivity index (χ0) is 22.6. The van der Waals surface area contributed by atoms with E-state index >= 15 is 0 Å². The van der Waals surface area contributed by atoms with Crippen LogP contribution in [0, 0.1) is 0 Å². The second-order valence-electron chi connectivity index (χ2n) is 7.54. The van der Waals surface area contributed by atoms with E-state index in [2.05, 4.69) is 31.0 Å². The number of nitrogens with one attached hydrogen (secondary N) is 1. The summed E-state index contributed by atoms with van der Waals surface area (Å²) < 4.78 is 37.6. The molecule has 0 fully saturated rings. The number of ether oxygens (including phenoxy) is 2. The number of carbonyl (C=O) groups excluding carboxylic acids is 1. The lowest BCUT2D eigenvalue weighted by Gasteiger charge is -2.27. The van der Waals surface area contributed by atoms with Crippen LogP contribution in [0.5, 0.6) is 11.5 Å². The molecule has 1 amide bonds. The van der Waals surface area contributed by atoms with E-state index < -0.39 is 15.9 Å². The van der Waals surface area contributed by atoms with Crippen molar-refractivity contribution in [3.63, 3.8) is 0 Å². The van der Waals surface area contributed by atoms with Crippen molar-refractivity contribution in [2.75, 3.05) is 43.6 Å². The summed E-state index contributed by atoms with van der Waals surface area (Å²) >= 11 is 0. The number of rotatable bonds is 8. The molecule has 0 bridgehead atoms. The van der Waals surface area contributed by atoms with Crippen LogP contribution in [-0.2, 0) is 14.8 Å². The normalized spacial score (nSPS) is 13.4. The first-order valence-corrected chi connectivity index (χ1v) is 11.7. The van der Waals surface area contributed by atoms with Crippen LogP contribution in [-0.4, -0.2) is 58.0 Å². The van der Waals surface area contributed by atoms with E-state index in [0.29, 0.717) is 36.4 Å². The van der Waals surface area contributed by atoms with Crippen LogP contribution in [0.3, 0.4) is 0 Å². The van der Waals surface area contributed by atoms with Gasteiger partial charge in [0, 0.05) is 37.1 Å². The highest BCUT2D eigenvalue weighted by atomic mass is 32.2. The minimum atomic E-state index is -3.86. The Bertz CT molecular complexity index is 1020. The smallest absolute Gasteiger partial charge is 0.243 e. The van der Waals surface area contributed by atoms with E-state index in [0.717, 1.165) is 16.5 Å². The Kier molecular flexibility index (Phi) is 7.07. The van der Waals surface area contributed by atoms with Gasteiger partial charge < -0.3 is 19.7 Å². The fourth-order valence-electron chi connectivity index (χ4n) is 3.43. The van der Waals surface area contributed by atoms with Crippen LogP contribution in [0.1, 0.15) is 20.8 Å². The number of hydrogen-bond acceptors (Lipinski definition) is 6. The average molecular weight is 448 g/mol. The molecule has 168 valence electrons. The number of benzene rings is 2. The van der Waals surface area contributed by atoms with Crippen molar-refractivity contribution in [3.8, 4) is 11.5 Å². The Morgan fingerprint density at radius 2 is 1.71 bits per heavy atom. The summed E-state index contributed by atoms with van der Waals surface area (Å²) in [6.07, 6.45) is 0. The summed E-state index contributed by atoms with van der Waals surface area (Å²) in [4.78, 5) is 14.7. The van der Waals surface area contributed by atoms with Gasteiger partial charge in [-0.1, -0.05) is 0 Å². The fraction of sp³-hybridized carbons (Fsp3) is 0.409. The first-order chi connectivity index (χ1) is 14.7. The van der Waals surface area contributed by atoms with Crippen molar-refractivity contribution in [1.29, 1.82) is 0 Å². The molecule has 0 aliphatic carbocycles. The molecule has 0 atom stereocenters. The van der Waals surface area contributed by atoms with E-state index in [1.54, 1.807) is 6.07 Å². The third kappa shape index (κ3) is 5.29. The van der Waals surface area contributed by atoms with Gasteiger partial charge in [0.1, 0.15) is 13.2 Å². The van der Waals surface area contributed by atoms with Crippen LogP contribution in [0.2, 0.25) is 0 Å². The lowest BCUT2D eigenvalue weighted by Crippen LogP contribution is -2.35. The highest BCUT2D eigenvalue weighted by molar-refractivity contribution is 7.89. The van der Waals surface area contributed by atoms with E-state index in [4.69, 9.17) is 9.47 Å². The Labute approximate surface area is 183 Å². The summed E-state index contributed by atoms with van der Waals surface area (Å²) in [5, 5.41) is 2.75. The Morgan fingerprint density at radius 3 is 2.32 bits per heavy atom. The van der Waals surface area contributed by atoms with Crippen LogP contribution in [0.15, 0.2) is 47.4 Å². The van der Waals surface area contributed by atoms with Crippen molar-refractivity contribution in [1.82, 2.24) is 4.31 Å². The van der Waals surface area contributed by atoms with Gasteiger partial charge in [0.25, 0.3) is 0 Å². The number of hydrogen-bond donors (Lipinski definition) is 1. The van der Waals surface area contributed by atoms with Gasteiger partial charge in [-0.2, -0.15) is 4.31 Å². The molecule has 0 unspecified atom stereocenters. The molecule has 1 heterocycles. The second kappa shape index (κ2) is 9.57. The molecule has 9 heteroatoms. The molecule has 0 saturated heterocycles. The molecule has 1 aliphatic rings. The van der Waals surface area contributed by atoms with E-state index in [9.17, 15) is 13.2 Å². The Balaban J connectivity index is 1.64. The number of sulfonamides is 1. The maximum atomic E-state index is 12.9. The first kappa shape index (κ1) is 22.9. The Hall–Kier alpha value is -2.78. The summed E-state index contributed by atoms with van der Waals surface area (Å²) in [5.74, 6) is 0.466. The van der Waals surface area contributed by atoms with Gasteiger partial charge in [-0.3, -0.25) is 4.79 Å². The zero-order valence-electron chi connectivity index (χ0n) is 18.3.